The Labute approximate surface area is 91.1 Å². The van der Waals surface area contributed by atoms with Crippen molar-refractivity contribution in [2.75, 3.05) is 13.2 Å². The van der Waals surface area contributed by atoms with E-state index in [1.807, 2.05) is 0 Å². The molecule has 0 saturated carbocycles. The summed E-state index contributed by atoms with van der Waals surface area (Å²) in [5, 5.41) is 9.93. The Morgan fingerprint density at radius 3 is 3.00 bits per heavy atom. The predicted octanol–water partition coefficient (Wildman–Crippen LogP) is 2.00. The molecule has 2 unspecified atom stereocenters. The second-order valence-corrected chi connectivity index (χ2v) is 4.40. The predicted molar refractivity (Wildman–Crippen MR) is 57.5 cm³/mol. The minimum atomic E-state index is -0.325. The topological polar surface area (TPSA) is 38.7 Å². The van der Waals surface area contributed by atoms with Gasteiger partial charge in [-0.05, 0) is 44.1 Å². The average molecular weight is 212 g/mol. The van der Waals surface area contributed by atoms with Crippen molar-refractivity contribution < 1.29 is 14.6 Å². The third-order valence-electron chi connectivity index (χ3n) is 3.18. The summed E-state index contributed by atoms with van der Waals surface area (Å²) in [7, 11) is 0. The molecule has 0 aromatic rings. The molecule has 2 heterocycles. The van der Waals surface area contributed by atoms with Crippen LogP contribution >= 0.6 is 0 Å². The zero-order valence-electron chi connectivity index (χ0n) is 9.15. The van der Waals surface area contributed by atoms with Gasteiger partial charge in [0.15, 0.2) is 0 Å². The monoisotopic (exact) mass is 212 g/mol. The van der Waals surface area contributed by atoms with Crippen LogP contribution in [0.4, 0.5) is 0 Å². The van der Waals surface area contributed by atoms with Crippen LogP contribution in [0.5, 0.6) is 0 Å². The minimum absolute atomic E-state index is 0.325. The lowest BCUT2D eigenvalue weighted by atomic mass is 9.98. The largest absolute Gasteiger partial charge is 0.501 e. The van der Waals surface area contributed by atoms with E-state index in [1.54, 1.807) is 6.26 Å². The maximum Gasteiger partial charge on any atom is 0.0876 e. The second-order valence-electron chi connectivity index (χ2n) is 4.40. The Morgan fingerprint density at radius 2 is 2.33 bits per heavy atom. The van der Waals surface area contributed by atoms with Crippen molar-refractivity contribution >= 4 is 0 Å². The van der Waals surface area contributed by atoms with Gasteiger partial charge in [0.25, 0.3) is 0 Å². The average Bonchev–Trinajstić information content (AvgIpc) is 2.80. The first-order valence-corrected chi connectivity index (χ1v) is 5.96. The van der Waals surface area contributed by atoms with Crippen LogP contribution in [0.25, 0.3) is 0 Å². The molecule has 15 heavy (non-hydrogen) atoms. The van der Waals surface area contributed by atoms with Crippen molar-refractivity contribution in [3.05, 3.63) is 11.8 Å². The molecule has 0 spiro atoms. The molecule has 3 nitrogen and oxygen atoms in total. The molecule has 2 rings (SSSR count). The molecule has 1 N–H and O–H groups in total. The maximum absolute atomic E-state index is 9.93. The molecule has 1 fully saturated rings. The lowest BCUT2D eigenvalue weighted by molar-refractivity contribution is 0.0851. The summed E-state index contributed by atoms with van der Waals surface area (Å²) in [5.74, 6) is 0. The number of aliphatic hydroxyl groups is 1. The van der Waals surface area contributed by atoms with Gasteiger partial charge in [0.05, 0.1) is 25.1 Å². The molecule has 1 saturated heterocycles. The van der Waals surface area contributed by atoms with Gasteiger partial charge >= 0.3 is 0 Å². The Kier molecular flexibility index (Phi) is 4.03. The van der Waals surface area contributed by atoms with E-state index in [0.717, 1.165) is 50.9 Å². The summed E-state index contributed by atoms with van der Waals surface area (Å²) in [6, 6.07) is 0. The number of rotatable bonds is 4. The van der Waals surface area contributed by atoms with Crippen LogP contribution in [0.15, 0.2) is 11.8 Å². The van der Waals surface area contributed by atoms with Gasteiger partial charge < -0.3 is 14.6 Å². The standard InChI is InChI=1S/C12H20O3/c13-12(10-3-1-7-14-9-10)6-5-11-4-2-8-15-11/h9,11-13H,1-8H2. The molecule has 0 radical (unpaired) electrons. The van der Waals surface area contributed by atoms with Gasteiger partial charge in [-0.3, -0.25) is 0 Å². The Morgan fingerprint density at radius 1 is 1.40 bits per heavy atom. The number of aliphatic hydroxyl groups excluding tert-OH is 1. The van der Waals surface area contributed by atoms with E-state index in [9.17, 15) is 5.11 Å². The van der Waals surface area contributed by atoms with Crippen molar-refractivity contribution in [3.8, 4) is 0 Å². The summed E-state index contributed by atoms with van der Waals surface area (Å²) in [4.78, 5) is 0. The molecule has 2 aliphatic rings. The SMILES string of the molecule is OC(CCC1CCCO1)C1=COCCC1. The van der Waals surface area contributed by atoms with E-state index in [4.69, 9.17) is 9.47 Å². The van der Waals surface area contributed by atoms with Gasteiger partial charge in [0.1, 0.15) is 0 Å². The molecule has 2 aliphatic heterocycles. The zero-order valence-corrected chi connectivity index (χ0v) is 9.15. The fourth-order valence-electron chi connectivity index (χ4n) is 2.23. The van der Waals surface area contributed by atoms with Crippen LogP contribution in [-0.2, 0) is 9.47 Å². The first-order valence-electron chi connectivity index (χ1n) is 5.96. The van der Waals surface area contributed by atoms with E-state index in [1.165, 1.54) is 6.42 Å². The van der Waals surface area contributed by atoms with Crippen LogP contribution in [0, 0.1) is 0 Å². The van der Waals surface area contributed by atoms with Crippen molar-refractivity contribution in [2.45, 2.75) is 50.7 Å². The molecule has 0 aromatic carbocycles. The van der Waals surface area contributed by atoms with Crippen molar-refractivity contribution in [1.82, 2.24) is 0 Å². The summed E-state index contributed by atoms with van der Waals surface area (Å²) in [6.07, 6.45) is 7.91. The summed E-state index contributed by atoms with van der Waals surface area (Å²) in [6.45, 7) is 1.69. The molecule has 0 bridgehead atoms. The maximum atomic E-state index is 9.93. The summed E-state index contributed by atoms with van der Waals surface area (Å²) < 4.78 is 10.8. The molecular weight excluding hydrogens is 192 g/mol. The fourth-order valence-corrected chi connectivity index (χ4v) is 2.23. The van der Waals surface area contributed by atoms with E-state index >= 15 is 0 Å². The third-order valence-corrected chi connectivity index (χ3v) is 3.18. The summed E-state index contributed by atoms with van der Waals surface area (Å²) in [5.41, 5.74) is 1.05. The van der Waals surface area contributed by atoms with E-state index in [0.29, 0.717) is 6.10 Å². The van der Waals surface area contributed by atoms with Gasteiger partial charge in [-0.2, -0.15) is 0 Å². The van der Waals surface area contributed by atoms with Crippen molar-refractivity contribution in [3.63, 3.8) is 0 Å². The van der Waals surface area contributed by atoms with Crippen LogP contribution in [0.3, 0.4) is 0 Å². The van der Waals surface area contributed by atoms with Crippen molar-refractivity contribution in [2.24, 2.45) is 0 Å². The molecule has 2 atom stereocenters. The normalized spacial score (nSPS) is 28.3. The van der Waals surface area contributed by atoms with Gasteiger partial charge in [-0.1, -0.05) is 0 Å². The molecule has 3 heteroatoms. The highest BCUT2D eigenvalue weighted by Crippen LogP contribution is 2.22. The van der Waals surface area contributed by atoms with Crippen LogP contribution < -0.4 is 0 Å². The molecule has 0 amide bonds. The quantitative estimate of drug-likeness (QED) is 0.774. The molecular formula is C12H20O3. The van der Waals surface area contributed by atoms with E-state index < -0.39 is 0 Å². The van der Waals surface area contributed by atoms with E-state index in [-0.39, 0.29) is 6.10 Å². The molecule has 0 aliphatic carbocycles. The summed E-state index contributed by atoms with van der Waals surface area (Å²) >= 11 is 0. The highest BCUT2D eigenvalue weighted by molar-refractivity contribution is 5.06. The van der Waals surface area contributed by atoms with Crippen molar-refractivity contribution in [1.29, 1.82) is 0 Å². The van der Waals surface area contributed by atoms with E-state index in [2.05, 4.69) is 0 Å². The van der Waals surface area contributed by atoms with Crippen LogP contribution in [0.1, 0.15) is 38.5 Å². The molecule has 0 aromatic heterocycles. The Bertz CT molecular complexity index is 219. The second kappa shape index (κ2) is 5.52. The first-order chi connectivity index (χ1) is 7.36. The van der Waals surface area contributed by atoms with Gasteiger partial charge in [-0.15, -0.1) is 0 Å². The number of hydrogen-bond donors (Lipinski definition) is 1. The molecule has 86 valence electrons. The minimum Gasteiger partial charge on any atom is -0.501 e. The smallest absolute Gasteiger partial charge is 0.0876 e. The third kappa shape index (κ3) is 3.21. The fraction of sp³-hybridized carbons (Fsp3) is 0.833. The zero-order chi connectivity index (χ0) is 10.5. The highest BCUT2D eigenvalue weighted by Gasteiger charge is 2.19. The van der Waals surface area contributed by atoms with Crippen LogP contribution in [0.2, 0.25) is 0 Å². The Balaban J connectivity index is 1.71. The lowest BCUT2D eigenvalue weighted by Gasteiger charge is -2.19. The van der Waals surface area contributed by atoms with Gasteiger partial charge in [0, 0.05) is 6.61 Å². The Hall–Kier alpha value is -0.540. The van der Waals surface area contributed by atoms with Crippen LogP contribution in [-0.4, -0.2) is 30.5 Å². The number of hydrogen-bond acceptors (Lipinski definition) is 3. The highest BCUT2D eigenvalue weighted by atomic mass is 16.5. The lowest BCUT2D eigenvalue weighted by Crippen LogP contribution is -2.17. The first kappa shape index (κ1) is 11.0. The number of ether oxygens (including phenoxy) is 2. The van der Waals surface area contributed by atoms with Gasteiger partial charge in [0.2, 0.25) is 0 Å². The van der Waals surface area contributed by atoms with Gasteiger partial charge in [-0.25, -0.2) is 0 Å².